The molecule has 3 aromatic heterocycles. The summed E-state index contributed by atoms with van der Waals surface area (Å²) in [6, 6.07) is 0.215. The largest absolute Gasteiger partial charge is 0.490 e. The van der Waals surface area contributed by atoms with Crippen molar-refractivity contribution in [3.05, 3.63) is 108 Å². The fraction of sp³-hybridized carbons (Fsp3) is 0.527. The number of aromatic nitrogens is 5. The summed E-state index contributed by atoms with van der Waals surface area (Å²) in [5.41, 5.74) is 20.3. The Morgan fingerprint density at radius 3 is 1.52 bits per heavy atom. The van der Waals surface area contributed by atoms with Gasteiger partial charge in [0.05, 0.1) is 44.8 Å². The van der Waals surface area contributed by atoms with Crippen molar-refractivity contribution in [1.29, 1.82) is 0 Å². The van der Waals surface area contributed by atoms with Crippen molar-refractivity contribution >= 4 is 99.7 Å². The number of aliphatic hydroxyl groups is 1. The van der Waals surface area contributed by atoms with Crippen LogP contribution in [0.3, 0.4) is 0 Å². The molecule has 11 atom stereocenters. The van der Waals surface area contributed by atoms with E-state index in [1.165, 1.54) is 25.0 Å². The number of carboxylic acid groups (broad SMARTS) is 3. The average Bonchev–Trinajstić information content (AvgIpc) is 1.67. The van der Waals surface area contributed by atoms with Crippen molar-refractivity contribution in [2.75, 3.05) is 39.3 Å². The van der Waals surface area contributed by atoms with Gasteiger partial charge in [-0.15, -0.1) is 0 Å². The molecule has 0 saturated carbocycles. The number of halogens is 3. The van der Waals surface area contributed by atoms with E-state index in [9.17, 15) is 95.6 Å². The standard InChI is InChI=1S/C72H104N20O17.C2HF3O2/c1-40(2)25-51(63(99)80-36-60(95)84-55(30-45-34-77-39-82-45)71(107)92-24-14-21-58(92)70(106)89-54(31-61(96)97)68(104)85-50(20-11-13-23-74)66(102)90-56(72(108)109)27-42-15-6-5-7-16-42)86-67(103)53(28-43-32-78-48-18-9-8-17-46(43)48)88-65(101)49(19-10-12-22-73)83-59(94)35-79-64(100)52(26-41(3)4)87-69(105)57(37-93)91-62(98)47(75)29-44-33-76-38-81-44;3-2(4,5)1(6)7/h5-9,15-18,32-34,38-41,47,49-58,78,93H,10-14,19-31,35-37,73-75H2,1-4H3,(H,76,81)(H,77,82)(H,79,100)(H,80,99)(H,83,94)(H,84,95)(H,85,104)(H,86,103)(H,87,105)(H,88,101)(H,89,106)(H,90,102)(H,91,98)(H,96,97)(H,108,109);(H,6,7)/t47-,49-,50-,51-,52-,53-,54-,55-,56-,57-,58-;/m0./s1. The van der Waals surface area contributed by atoms with Gasteiger partial charge in [-0.1, -0.05) is 76.2 Å². The molecule has 39 nitrogen and oxygen atoms in total. The number of aliphatic carboxylic acids is 3. The molecule has 2 aromatic carbocycles. The molecule has 5 aromatic rings. The van der Waals surface area contributed by atoms with Crippen LogP contribution in [0, 0.1) is 11.8 Å². The summed E-state index contributed by atoms with van der Waals surface area (Å²) >= 11 is 0. The molecule has 4 heterocycles. The van der Waals surface area contributed by atoms with Crippen LogP contribution < -0.4 is 75.7 Å². The third-order valence-electron chi connectivity index (χ3n) is 18.2. The zero-order chi connectivity index (χ0) is 85.8. The monoisotopic (exact) mass is 1630 g/mol. The van der Waals surface area contributed by atoms with E-state index in [2.05, 4.69) is 83.4 Å². The zero-order valence-corrected chi connectivity index (χ0v) is 64.6. The summed E-state index contributed by atoms with van der Waals surface area (Å²) in [4.78, 5) is 220. The molecule has 24 N–H and O–H groups in total. The number of hydrogen-bond donors (Lipinski definition) is 21. The van der Waals surface area contributed by atoms with Crippen LogP contribution >= 0.6 is 0 Å². The minimum atomic E-state index is -5.08. The van der Waals surface area contributed by atoms with Crippen LogP contribution in [-0.2, 0) is 97.6 Å². The minimum Gasteiger partial charge on any atom is -0.481 e. The number of nitrogens with one attached hydrogen (secondary N) is 14. The number of fused-ring (bicyclic) bond motifs is 1. The Morgan fingerprint density at radius 2 is 1.01 bits per heavy atom. The smallest absolute Gasteiger partial charge is 0.481 e. The Kier molecular flexibility index (Phi) is 38.9. The number of rotatable bonds is 47. The molecule has 1 aliphatic rings. The number of carboxylic acids is 3. The van der Waals surface area contributed by atoms with E-state index in [0.29, 0.717) is 52.7 Å². The molecule has 1 fully saturated rings. The lowest BCUT2D eigenvalue weighted by molar-refractivity contribution is -0.192. The number of hydrogen-bond acceptors (Lipinski definition) is 21. The highest BCUT2D eigenvalue weighted by atomic mass is 19.4. The molecule has 0 bridgehead atoms. The molecule has 0 radical (unpaired) electrons. The first-order chi connectivity index (χ1) is 55.0. The van der Waals surface area contributed by atoms with E-state index >= 15 is 0 Å². The molecule has 1 aliphatic heterocycles. The second kappa shape index (κ2) is 47.7. The number of likely N-dealkylation sites (tertiary alicyclic amines) is 1. The Labute approximate surface area is 664 Å². The number of carbonyl (C=O) groups is 15. The van der Waals surface area contributed by atoms with Crippen LogP contribution in [-0.4, -0.2) is 251 Å². The van der Waals surface area contributed by atoms with Gasteiger partial charge >= 0.3 is 24.1 Å². The Bertz CT molecular complexity index is 4090. The highest BCUT2D eigenvalue weighted by molar-refractivity contribution is 6.00. The lowest BCUT2D eigenvalue weighted by Crippen LogP contribution is -2.59. The number of unbranched alkanes of at least 4 members (excludes halogenated alkanes) is 2. The van der Waals surface area contributed by atoms with Crippen LogP contribution in [0.25, 0.3) is 10.9 Å². The molecule has 0 spiro atoms. The Balaban J connectivity index is 0.00000327. The fourth-order valence-electron chi connectivity index (χ4n) is 12.3. The number of amides is 12. The number of benzene rings is 2. The Hall–Kier alpha value is -11.9. The van der Waals surface area contributed by atoms with Crippen LogP contribution in [0.1, 0.15) is 121 Å². The number of para-hydroxylation sites is 1. The minimum absolute atomic E-state index is 0.000160. The first-order valence-corrected chi connectivity index (χ1v) is 37.6. The molecule has 636 valence electrons. The van der Waals surface area contributed by atoms with E-state index in [1.807, 2.05) is 0 Å². The van der Waals surface area contributed by atoms with Crippen LogP contribution in [0.4, 0.5) is 13.2 Å². The molecule has 6 rings (SSSR count). The third kappa shape index (κ3) is 32.2. The number of carbonyl (C=O) groups excluding carboxylic acids is 12. The van der Waals surface area contributed by atoms with Crippen molar-refractivity contribution in [3.63, 3.8) is 0 Å². The highest BCUT2D eigenvalue weighted by Crippen LogP contribution is 2.23. The van der Waals surface area contributed by atoms with Gasteiger partial charge in [0.2, 0.25) is 70.9 Å². The van der Waals surface area contributed by atoms with Gasteiger partial charge in [0.15, 0.2) is 0 Å². The Morgan fingerprint density at radius 1 is 0.534 bits per heavy atom. The molecule has 0 aliphatic carbocycles. The van der Waals surface area contributed by atoms with Crippen LogP contribution in [0.15, 0.2) is 85.8 Å². The predicted molar refractivity (Wildman–Crippen MR) is 408 cm³/mol. The second-order valence-corrected chi connectivity index (χ2v) is 28.5. The lowest BCUT2D eigenvalue weighted by Gasteiger charge is -2.30. The molecular formula is C74H105F3N20O19. The van der Waals surface area contributed by atoms with Gasteiger partial charge in [0, 0.05) is 73.1 Å². The average molecular weight is 1640 g/mol. The summed E-state index contributed by atoms with van der Waals surface area (Å²) in [6.45, 7) is 5.19. The van der Waals surface area contributed by atoms with E-state index < -0.39 is 188 Å². The topological polar surface area (TPSA) is 624 Å². The van der Waals surface area contributed by atoms with Crippen LogP contribution in [0.2, 0.25) is 0 Å². The number of aliphatic hydroxyl groups excluding tert-OH is 1. The molecule has 12 amide bonds. The van der Waals surface area contributed by atoms with Crippen molar-refractivity contribution in [3.8, 4) is 0 Å². The number of imidazole rings is 2. The fourth-order valence-corrected chi connectivity index (χ4v) is 12.3. The second-order valence-electron chi connectivity index (χ2n) is 28.5. The number of nitrogens with two attached hydrogens (primary N) is 3. The predicted octanol–water partition coefficient (Wildman–Crippen LogP) is -2.67. The van der Waals surface area contributed by atoms with Gasteiger partial charge in [-0.3, -0.25) is 62.3 Å². The molecule has 42 heteroatoms. The highest BCUT2D eigenvalue weighted by Gasteiger charge is 2.42. The SMILES string of the molecule is CC(C)C[C@H](NC(=O)[C@H](Cc1c[nH]c2ccccc12)NC(=O)[C@H](CCCCN)NC(=O)CNC(=O)[C@H](CC(C)C)NC(=O)[C@H](CO)NC(=O)[C@@H](N)Cc1cnc[nH]1)C(=O)NCC(=O)N[C@@H](Cc1cnc[nH]1)C(=O)N1CCC[C@H]1C(=O)N[C@@H](CC(=O)O)C(=O)N[C@@H](CCCCN)C(=O)N[C@@H](Cc1ccccc1)C(=O)O.O=C(O)C(F)(F)F. The third-order valence-corrected chi connectivity index (χ3v) is 18.2. The quantitative estimate of drug-likeness (QED) is 0.0177. The van der Waals surface area contributed by atoms with E-state index in [-0.39, 0.29) is 102 Å². The van der Waals surface area contributed by atoms with Gasteiger partial charge in [0.25, 0.3) is 0 Å². The number of H-pyrrole nitrogens is 3. The van der Waals surface area contributed by atoms with Gasteiger partial charge in [-0.2, -0.15) is 13.2 Å². The summed E-state index contributed by atoms with van der Waals surface area (Å²) in [5, 5.41) is 66.0. The first kappa shape index (κ1) is 94.7. The summed E-state index contributed by atoms with van der Waals surface area (Å²) in [6.07, 6.45) is 2.48. The van der Waals surface area contributed by atoms with E-state index in [4.69, 9.17) is 27.1 Å². The van der Waals surface area contributed by atoms with Crippen molar-refractivity contribution in [2.24, 2.45) is 29.0 Å². The molecular weight excluding hydrogens is 1530 g/mol. The van der Waals surface area contributed by atoms with Crippen LogP contribution in [0.5, 0.6) is 0 Å². The summed E-state index contributed by atoms with van der Waals surface area (Å²) in [7, 11) is 0. The van der Waals surface area contributed by atoms with Gasteiger partial charge in [-0.25, -0.2) is 19.6 Å². The van der Waals surface area contributed by atoms with Crippen molar-refractivity contribution < 1.29 is 106 Å². The lowest BCUT2D eigenvalue weighted by atomic mass is 10.00. The normalized spacial score (nSPS) is 15.2. The summed E-state index contributed by atoms with van der Waals surface area (Å²) in [5.74, 6) is -16.5. The van der Waals surface area contributed by atoms with Gasteiger partial charge in [0.1, 0.15) is 60.4 Å². The number of alkyl halides is 3. The summed E-state index contributed by atoms with van der Waals surface area (Å²) < 4.78 is 31.7. The van der Waals surface area contributed by atoms with Crippen molar-refractivity contribution in [2.45, 2.75) is 197 Å². The maximum Gasteiger partial charge on any atom is 0.490 e. The van der Waals surface area contributed by atoms with E-state index in [1.54, 1.807) is 88.5 Å². The number of nitrogens with zero attached hydrogens (tertiary/aromatic N) is 3. The maximum absolute atomic E-state index is 14.8. The first-order valence-electron chi connectivity index (χ1n) is 37.6. The maximum atomic E-state index is 14.8. The van der Waals surface area contributed by atoms with Gasteiger partial charge in [-0.05, 0) is 106 Å². The van der Waals surface area contributed by atoms with E-state index in [0.717, 1.165) is 4.90 Å². The van der Waals surface area contributed by atoms with Gasteiger partial charge < -0.3 is 116 Å². The zero-order valence-electron chi connectivity index (χ0n) is 64.6. The molecule has 116 heavy (non-hydrogen) atoms. The molecule has 0 unspecified atom stereocenters. The molecule has 1 saturated heterocycles. The van der Waals surface area contributed by atoms with Crippen molar-refractivity contribution in [1.82, 2.24) is 88.3 Å². The number of aromatic amines is 3.